The fourth-order valence-corrected chi connectivity index (χ4v) is 3.57. The highest BCUT2D eigenvalue weighted by atomic mass is 32.2. The van der Waals surface area contributed by atoms with Crippen molar-refractivity contribution in [2.24, 2.45) is 5.10 Å². The largest absolute Gasteiger partial charge is 0.281 e. The highest BCUT2D eigenvalue weighted by Crippen LogP contribution is 2.30. The van der Waals surface area contributed by atoms with Crippen molar-refractivity contribution in [1.82, 2.24) is 5.43 Å². The van der Waals surface area contributed by atoms with E-state index in [2.05, 4.69) is 10.5 Å². The van der Waals surface area contributed by atoms with Crippen LogP contribution in [0.2, 0.25) is 0 Å². The SMILES string of the molecule is O=C(NN=C1CCSc2ccc(F)cc21)c1cccs1. The number of hydrogen-bond acceptors (Lipinski definition) is 4. The number of amides is 1. The molecule has 0 saturated heterocycles. The van der Waals surface area contributed by atoms with Gasteiger partial charge in [-0.1, -0.05) is 6.07 Å². The molecule has 1 amide bonds. The minimum absolute atomic E-state index is 0.233. The summed E-state index contributed by atoms with van der Waals surface area (Å²) < 4.78 is 13.3. The van der Waals surface area contributed by atoms with Gasteiger partial charge in [-0.3, -0.25) is 4.79 Å². The highest BCUT2D eigenvalue weighted by molar-refractivity contribution is 7.99. The number of thiophene rings is 1. The molecule has 0 bridgehead atoms. The van der Waals surface area contributed by atoms with Gasteiger partial charge in [0.1, 0.15) is 5.82 Å². The van der Waals surface area contributed by atoms with Crippen molar-refractivity contribution in [3.05, 3.63) is 52.0 Å². The second-order valence-corrected chi connectivity index (χ2v) is 6.30. The number of carbonyl (C=O) groups excluding carboxylic acids is 1. The molecule has 1 aromatic heterocycles. The lowest BCUT2D eigenvalue weighted by Crippen LogP contribution is -2.21. The number of hydrazone groups is 1. The lowest BCUT2D eigenvalue weighted by Gasteiger charge is -2.17. The number of fused-ring (bicyclic) bond motifs is 1. The van der Waals surface area contributed by atoms with Crippen LogP contribution in [0, 0.1) is 5.82 Å². The zero-order valence-corrected chi connectivity index (χ0v) is 12.1. The Morgan fingerprint density at radius 1 is 1.35 bits per heavy atom. The zero-order valence-electron chi connectivity index (χ0n) is 10.4. The molecule has 1 aliphatic heterocycles. The van der Waals surface area contributed by atoms with E-state index in [1.165, 1.54) is 23.5 Å². The van der Waals surface area contributed by atoms with Crippen LogP contribution in [0.3, 0.4) is 0 Å². The maximum absolute atomic E-state index is 13.3. The predicted octanol–water partition coefficient (Wildman–Crippen LogP) is 3.52. The van der Waals surface area contributed by atoms with Crippen LogP contribution < -0.4 is 5.43 Å². The summed E-state index contributed by atoms with van der Waals surface area (Å²) >= 11 is 3.04. The number of nitrogens with zero attached hydrogens (tertiary/aromatic N) is 1. The van der Waals surface area contributed by atoms with Crippen molar-refractivity contribution in [2.75, 3.05) is 5.75 Å². The van der Waals surface area contributed by atoms with Crippen molar-refractivity contribution < 1.29 is 9.18 Å². The molecule has 0 radical (unpaired) electrons. The first-order chi connectivity index (χ1) is 9.74. The summed E-state index contributed by atoms with van der Waals surface area (Å²) in [5, 5.41) is 6.00. The van der Waals surface area contributed by atoms with Gasteiger partial charge in [0.15, 0.2) is 0 Å². The van der Waals surface area contributed by atoms with Gasteiger partial charge >= 0.3 is 0 Å². The van der Waals surface area contributed by atoms with E-state index in [4.69, 9.17) is 0 Å². The Morgan fingerprint density at radius 2 is 2.25 bits per heavy atom. The lowest BCUT2D eigenvalue weighted by atomic mass is 10.1. The Balaban J connectivity index is 1.83. The molecule has 3 nitrogen and oxygen atoms in total. The quantitative estimate of drug-likeness (QED) is 0.863. The first-order valence-corrected chi connectivity index (χ1v) is 7.94. The van der Waals surface area contributed by atoms with E-state index in [0.717, 1.165) is 21.9 Å². The van der Waals surface area contributed by atoms with Gasteiger partial charge in [-0.2, -0.15) is 5.10 Å². The van der Waals surface area contributed by atoms with Crippen molar-refractivity contribution >= 4 is 34.7 Å². The van der Waals surface area contributed by atoms with Crippen molar-refractivity contribution in [2.45, 2.75) is 11.3 Å². The number of halogens is 1. The summed E-state index contributed by atoms with van der Waals surface area (Å²) in [4.78, 5) is 13.5. The van der Waals surface area contributed by atoms with Gasteiger partial charge in [-0.15, -0.1) is 23.1 Å². The molecule has 0 spiro atoms. The standard InChI is InChI=1S/C14H11FN2OS2/c15-9-3-4-12-10(8-9)11(5-7-20-12)16-17-14(18)13-2-1-6-19-13/h1-4,6,8H,5,7H2,(H,17,18). The van der Waals surface area contributed by atoms with E-state index in [1.54, 1.807) is 23.9 Å². The molecule has 1 aliphatic rings. The molecule has 0 unspecified atom stereocenters. The normalized spacial score (nSPS) is 15.9. The van der Waals surface area contributed by atoms with Crippen LogP contribution in [0.25, 0.3) is 0 Å². The van der Waals surface area contributed by atoms with Crippen molar-refractivity contribution in [3.8, 4) is 0 Å². The van der Waals surface area contributed by atoms with Crippen molar-refractivity contribution in [3.63, 3.8) is 0 Å². The Morgan fingerprint density at radius 3 is 3.05 bits per heavy atom. The van der Waals surface area contributed by atoms with Gasteiger partial charge in [0.05, 0.1) is 10.6 Å². The Bertz CT molecular complexity index is 668. The second-order valence-electron chi connectivity index (χ2n) is 4.22. The Kier molecular flexibility index (Phi) is 3.84. The smallest absolute Gasteiger partial charge is 0.266 e. The van der Waals surface area contributed by atoms with E-state index >= 15 is 0 Å². The molecule has 3 rings (SSSR count). The van der Waals surface area contributed by atoms with Crippen LogP contribution in [0.15, 0.2) is 45.7 Å². The van der Waals surface area contributed by atoms with Gasteiger partial charge in [0, 0.05) is 22.6 Å². The van der Waals surface area contributed by atoms with E-state index < -0.39 is 0 Å². The number of carbonyl (C=O) groups is 1. The van der Waals surface area contributed by atoms with Crippen LogP contribution in [0.1, 0.15) is 21.7 Å². The Labute approximate surface area is 123 Å². The molecule has 2 heterocycles. The summed E-state index contributed by atoms with van der Waals surface area (Å²) in [5.41, 5.74) is 4.04. The summed E-state index contributed by atoms with van der Waals surface area (Å²) in [6, 6.07) is 8.22. The molecule has 0 aliphatic carbocycles. The summed E-state index contributed by atoms with van der Waals surface area (Å²) in [6.45, 7) is 0. The molecule has 1 aromatic carbocycles. The molecular weight excluding hydrogens is 295 g/mol. The number of benzene rings is 1. The fraction of sp³-hybridized carbons (Fsp3) is 0.143. The van der Waals surface area contributed by atoms with Gasteiger partial charge in [-0.25, -0.2) is 9.82 Å². The monoisotopic (exact) mass is 306 g/mol. The van der Waals surface area contributed by atoms with Crippen LogP contribution in [0.5, 0.6) is 0 Å². The van der Waals surface area contributed by atoms with E-state index in [1.807, 2.05) is 11.4 Å². The maximum atomic E-state index is 13.3. The first kappa shape index (κ1) is 13.3. The predicted molar refractivity (Wildman–Crippen MR) is 80.1 cm³/mol. The van der Waals surface area contributed by atoms with Gasteiger partial charge in [-0.05, 0) is 29.6 Å². The molecule has 20 heavy (non-hydrogen) atoms. The average molecular weight is 306 g/mol. The third kappa shape index (κ3) is 2.76. The van der Waals surface area contributed by atoms with Crippen LogP contribution in [0.4, 0.5) is 4.39 Å². The molecule has 0 saturated carbocycles. The van der Waals surface area contributed by atoms with Crippen molar-refractivity contribution in [1.29, 1.82) is 0 Å². The zero-order chi connectivity index (χ0) is 13.9. The molecule has 6 heteroatoms. The maximum Gasteiger partial charge on any atom is 0.281 e. The topological polar surface area (TPSA) is 41.5 Å². The molecule has 0 fully saturated rings. The third-order valence-electron chi connectivity index (χ3n) is 2.89. The third-order valence-corrected chi connectivity index (χ3v) is 4.83. The highest BCUT2D eigenvalue weighted by Gasteiger charge is 2.17. The Hall–Kier alpha value is -1.66. The second kappa shape index (κ2) is 5.76. The van der Waals surface area contributed by atoms with Crippen LogP contribution in [-0.2, 0) is 0 Å². The van der Waals surface area contributed by atoms with E-state index in [9.17, 15) is 9.18 Å². The number of nitrogens with one attached hydrogen (secondary N) is 1. The van der Waals surface area contributed by atoms with E-state index in [0.29, 0.717) is 11.3 Å². The molecule has 2 aromatic rings. The average Bonchev–Trinajstić information content (AvgIpc) is 2.99. The minimum Gasteiger partial charge on any atom is -0.266 e. The molecule has 1 N–H and O–H groups in total. The number of rotatable bonds is 2. The van der Waals surface area contributed by atoms with Crippen LogP contribution in [-0.4, -0.2) is 17.4 Å². The summed E-state index contributed by atoms with van der Waals surface area (Å²) in [7, 11) is 0. The van der Waals surface area contributed by atoms with Gasteiger partial charge in [0.2, 0.25) is 0 Å². The van der Waals surface area contributed by atoms with Gasteiger partial charge < -0.3 is 0 Å². The fourth-order valence-electron chi connectivity index (χ4n) is 1.94. The van der Waals surface area contributed by atoms with Crippen LogP contribution >= 0.6 is 23.1 Å². The van der Waals surface area contributed by atoms with Gasteiger partial charge in [0.25, 0.3) is 5.91 Å². The number of thioether (sulfide) groups is 1. The lowest BCUT2D eigenvalue weighted by molar-refractivity contribution is 0.0959. The first-order valence-electron chi connectivity index (χ1n) is 6.07. The molecule has 102 valence electrons. The van der Waals surface area contributed by atoms with E-state index in [-0.39, 0.29) is 11.7 Å². The molecular formula is C14H11FN2OS2. The summed E-state index contributed by atoms with van der Waals surface area (Å²) in [6.07, 6.45) is 0.714. The molecule has 0 atom stereocenters. The summed E-state index contributed by atoms with van der Waals surface area (Å²) in [5.74, 6) is 0.360. The number of hydrogen-bond donors (Lipinski definition) is 1. The minimum atomic E-state index is -0.288.